The van der Waals surface area contributed by atoms with Crippen molar-refractivity contribution in [2.75, 3.05) is 26.2 Å². The lowest BCUT2D eigenvalue weighted by atomic mass is 9.93. The molecule has 0 aliphatic carbocycles. The number of rotatable bonds is 6. The number of aromatic nitrogens is 2. The molecule has 1 aliphatic rings. The van der Waals surface area contributed by atoms with Crippen LogP contribution in [-0.4, -0.2) is 46.6 Å². The number of nitrogens with one attached hydrogen (secondary N) is 1. The second-order valence-corrected chi connectivity index (χ2v) is 6.49. The van der Waals surface area contributed by atoms with E-state index in [4.69, 9.17) is 9.41 Å². The van der Waals surface area contributed by atoms with Gasteiger partial charge in [-0.05, 0) is 24.5 Å². The molecule has 7 heteroatoms. The van der Waals surface area contributed by atoms with Crippen molar-refractivity contribution < 1.29 is 4.42 Å². The molecule has 0 aromatic carbocycles. The van der Waals surface area contributed by atoms with Gasteiger partial charge in [0.2, 0.25) is 0 Å². The van der Waals surface area contributed by atoms with Crippen LogP contribution in [0.4, 0.5) is 0 Å². The molecule has 2 aromatic rings. The molecule has 1 fully saturated rings. The quantitative estimate of drug-likeness (QED) is 0.305. The van der Waals surface area contributed by atoms with Crippen LogP contribution in [0.3, 0.4) is 0 Å². The van der Waals surface area contributed by atoms with Crippen molar-refractivity contribution in [3.63, 3.8) is 0 Å². The molecule has 1 N–H and O–H groups in total. The summed E-state index contributed by atoms with van der Waals surface area (Å²) in [5.41, 5.74) is 0. The maximum atomic E-state index is 5.39. The van der Waals surface area contributed by atoms with Crippen LogP contribution >= 0.6 is 24.0 Å². The minimum Gasteiger partial charge on any atom is -0.469 e. The predicted molar refractivity (Wildman–Crippen MR) is 115 cm³/mol. The summed E-state index contributed by atoms with van der Waals surface area (Å²) < 4.78 is 7.61. The monoisotopic (exact) mass is 469 g/mol. The number of piperidine rings is 1. The SMILES string of the molecule is C=CCNC(=NCCc1ccco1)N1CCC(C)C(n2ccnc2)C1.I. The topological polar surface area (TPSA) is 58.6 Å². The third-order valence-corrected chi connectivity index (χ3v) is 4.73. The summed E-state index contributed by atoms with van der Waals surface area (Å²) in [7, 11) is 0. The first kappa shape index (κ1) is 20.5. The fourth-order valence-corrected chi connectivity index (χ4v) is 3.25. The van der Waals surface area contributed by atoms with Gasteiger partial charge in [-0.15, -0.1) is 30.6 Å². The minimum atomic E-state index is 0. The lowest BCUT2D eigenvalue weighted by Gasteiger charge is -2.39. The third kappa shape index (κ3) is 5.36. The van der Waals surface area contributed by atoms with Crippen molar-refractivity contribution in [2.24, 2.45) is 10.9 Å². The molecule has 0 bridgehead atoms. The summed E-state index contributed by atoms with van der Waals surface area (Å²) in [6.07, 6.45) is 11.3. The highest BCUT2D eigenvalue weighted by Crippen LogP contribution is 2.27. The van der Waals surface area contributed by atoms with Crippen molar-refractivity contribution in [3.05, 3.63) is 55.5 Å². The van der Waals surface area contributed by atoms with E-state index in [1.807, 2.05) is 30.7 Å². The molecule has 6 nitrogen and oxygen atoms in total. The third-order valence-electron chi connectivity index (χ3n) is 4.73. The van der Waals surface area contributed by atoms with Crippen LogP contribution in [-0.2, 0) is 6.42 Å². The molecule has 0 saturated carbocycles. The molecule has 26 heavy (non-hydrogen) atoms. The smallest absolute Gasteiger partial charge is 0.194 e. The molecule has 3 heterocycles. The van der Waals surface area contributed by atoms with Crippen molar-refractivity contribution in [2.45, 2.75) is 25.8 Å². The first-order valence-corrected chi connectivity index (χ1v) is 8.92. The number of hydrogen-bond donors (Lipinski definition) is 1. The number of furan rings is 1. The maximum Gasteiger partial charge on any atom is 0.194 e. The Labute approximate surface area is 172 Å². The van der Waals surface area contributed by atoms with Crippen LogP contribution in [0, 0.1) is 5.92 Å². The minimum absolute atomic E-state index is 0. The van der Waals surface area contributed by atoms with E-state index < -0.39 is 0 Å². The average Bonchev–Trinajstić information content (AvgIpc) is 3.32. The number of guanidine groups is 1. The van der Waals surface area contributed by atoms with Crippen LogP contribution in [0.25, 0.3) is 0 Å². The maximum absolute atomic E-state index is 5.39. The first-order chi connectivity index (χ1) is 12.3. The largest absolute Gasteiger partial charge is 0.469 e. The summed E-state index contributed by atoms with van der Waals surface area (Å²) in [6.45, 7) is 9.47. The average molecular weight is 469 g/mol. The Morgan fingerprint density at radius 1 is 1.54 bits per heavy atom. The fourth-order valence-electron chi connectivity index (χ4n) is 3.25. The van der Waals surface area contributed by atoms with Gasteiger partial charge in [-0.3, -0.25) is 4.99 Å². The van der Waals surface area contributed by atoms with Gasteiger partial charge in [0, 0.05) is 45.0 Å². The Morgan fingerprint density at radius 3 is 3.12 bits per heavy atom. The fraction of sp³-hybridized carbons (Fsp3) is 0.474. The van der Waals surface area contributed by atoms with Gasteiger partial charge in [-0.2, -0.15) is 0 Å². The molecule has 0 spiro atoms. The van der Waals surface area contributed by atoms with Crippen molar-refractivity contribution in [1.82, 2.24) is 19.8 Å². The second-order valence-electron chi connectivity index (χ2n) is 6.49. The lowest BCUT2D eigenvalue weighted by molar-refractivity contribution is 0.189. The number of imidazole rings is 1. The first-order valence-electron chi connectivity index (χ1n) is 8.92. The van der Waals surface area contributed by atoms with Gasteiger partial charge in [0.05, 0.1) is 18.6 Å². The zero-order valence-corrected chi connectivity index (χ0v) is 17.6. The number of nitrogens with zero attached hydrogens (tertiary/aromatic N) is 4. The van der Waals surface area contributed by atoms with E-state index in [9.17, 15) is 0 Å². The molecule has 142 valence electrons. The van der Waals surface area contributed by atoms with Crippen LogP contribution < -0.4 is 5.32 Å². The van der Waals surface area contributed by atoms with E-state index in [2.05, 4.69) is 39.5 Å². The zero-order chi connectivity index (χ0) is 17.5. The Hall–Kier alpha value is -1.77. The van der Waals surface area contributed by atoms with Gasteiger partial charge >= 0.3 is 0 Å². The summed E-state index contributed by atoms with van der Waals surface area (Å²) in [5.74, 6) is 2.54. The molecule has 1 aliphatic heterocycles. The van der Waals surface area contributed by atoms with Gasteiger partial charge in [-0.1, -0.05) is 13.0 Å². The van der Waals surface area contributed by atoms with Crippen LogP contribution in [0.15, 0.2) is 59.2 Å². The Kier molecular flexibility index (Phi) is 8.21. The lowest BCUT2D eigenvalue weighted by Crippen LogP contribution is -2.49. The van der Waals surface area contributed by atoms with Gasteiger partial charge in [-0.25, -0.2) is 4.98 Å². The normalized spacial score (nSPS) is 20.5. The summed E-state index contributed by atoms with van der Waals surface area (Å²) in [4.78, 5) is 11.3. The Morgan fingerprint density at radius 2 is 2.42 bits per heavy atom. The molecule has 0 amide bonds. The van der Waals surface area contributed by atoms with Gasteiger partial charge in [0.1, 0.15) is 5.76 Å². The van der Waals surface area contributed by atoms with Crippen LogP contribution in [0.1, 0.15) is 25.1 Å². The number of aliphatic imine (C=N–C) groups is 1. The van der Waals surface area contributed by atoms with E-state index in [0.717, 1.165) is 37.7 Å². The molecule has 2 unspecified atom stereocenters. The van der Waals surface area contributed by atoms with E-state index in [0.29, 0.717) is 25.0 Å². The van der Waals surface area contributed by atoms with Crippen molar-refractivity contribution >= 4 is 29.9 Å². The summed E-state index contributed by atoms with van der Waals surface area (Å²) >= 11 is 0. The standard InChI is InChI=1S/C19H27N5O.HI/c1-3-8-21-19(22-9-6-17-5-4-13-25-17)23-11-7-16(2)18(14-23)24-12-10-20-15-24;/h3-5,10,12-13,15-16,18H,1,6-9,11,14H2,2H3,(H,21,22);1H. The van der Waals surface area contributed by atoms with E-state index >= 15 is 0 Å². The van der Waals surface area contributed by atoms with E-state index in [1.54, 1.807) is 6.26 Å². The highest BCUT2D eigenvalue weighted by atomic mass is 127. The van der Waals surface area contributed by atoms with E-state index in [-0.39, 0.29) is 24.0 Å². The van der Waals surface area contributed by atoms with E-state index in [1.165, 1.54) is 0 Å². The van der Waals surface area contributed by atoms with Crippen LogP contribution in [0.5, 0.6) is 0 Å². The van der Waals surface area contributed by atoms with Crippen LogP contribution in [0.2, 0.25) is 0 Å². The molecule has 3 rings (SSSR count). The molecule has 1 saturated heterocycles. The molecule has 2 aromatic heterocycles. The molecular formula is C19H28IN5O. The summed E-state index contributed by atoms with van der Waals surface area (Å²) in [5, 5.41) is 3.40. The van der Waals surface area contributed by atoms with Crippen molar-refractivity contribution in [1.29, 1.82) is 0 Å². The van der Waals surface area contributed by atoms with Gasteiger partial charge in [0.25, 0.3) is 0 Å². The second kappa shape index (κ2) is 10.4. The summed E-state index contributed by atoms with van der Waals surface area (Å²) in [6, 6.07) is 4.32. The molecular weight excluding hydrogens is 441 g/mol. The number of halogens is 1. The number of hydrogen-bond acceptors (Lipinski definition) is 3. The molecule has 0 radical (unpaired) electrons. The van der Waals surface area contributed by atoms with Gasteiger partial charge in [0.15, 0.2) is 5.96 Å². The highest BCUT2D eigenvalue weighted by Gasteiger charge is 2.28. The van der Waals surface area contributed by atoms with Gasteiger partial charge < -0.3 is 19.2 Å². The number of likely N-dealkylation sites (tertiary alicyclic amines) is 1. The molecule has 2 atom stereocenters. The zero-order valence-electron chi connectivity index (χ0n) is 15.3. The Balaban J connectivity index is 0.00000243. The predicted octanol–water partition coefficient (Wildman–Crippen LogP) is 3.35. The van der Waals surface area contributed by atoms with Crippen molar-refractivity contribution in [3.8, 4) is 0 Å². The highest BCUT2D eigenvalue weighted by molar-refractivity contribution is 14.0. The Bertz CT molecular complexity index is 668.